The van der Waals surface area contributed by atoms with Crippen molar-refractivity contribution >= 4 is 51.7 Å². The van der Waals surface area contributed by atoms with Crippen molar-refractivity contribution in [2.75, 3.05) is 11.9 Å². The van der Waals surface area contributed by atoms with Crippen molar-refractivity contribution in [1.29, 1.82) is 0 Å². The van der Waals surface area contributed by atoms with Gasteiger partial charge in [0.05, 0.1) is 10.7 Å². The summed E-state index contributed by atoms with van der Waals surface area (Å²) in [5.74, 6) is 0.196. The Morgan fingerprint density at radius 1 is 1.09 bits per heavy atom. The zero-order valence-corrected chi connectivity index (χ0v) is 19.4. The number of benzene rings is 2. The number of carbonyl (C=O) groups excluding carboxylic acids is 2. The highest BCUT2D eigenvalue weighted by atomic mass is 35.5. The van der Waals surface area contributed by atoms with Gasteiger partial charge in [-0.2, -0.15) is 0 Å². The number of nitrogens with zero attached hydrogens (tertiary/aromatic N) is 1. The number of hydrogen-bond donors (Lipinski definition) is 2. The van der Waals surface area contributed by atoms with Gasteiger partial charge >= 0.3 is 6.09 Å². The highest BCUT2D eigenvalue weighted by Crippen LogP contribution is 2.33. The molecule has 9 heteroatoms. The molecule has 0 radical (unpaired) electrons. The maximum absolute atomic E-state index is 12.2. The van der Waals surface area contributed by atoms with E-state index in [1.165, 1.54) is 0 Å². The molecule has 1 aromatic heterocycles. The van der Waals surface area contributed by atoms with Crippen molar-refractivity contribution in [2.24, 2.45) is 0 Å². The molecule has 0 saturated heterocycles. The van der Waals surface area contributed by atoms with Crippen LogP contribution in [0.1, 0.15) is 26.3 Å². The summed E-state index contributed by atoms with van der Waals surface area (Å²) in [5, 5.41) is 7.57. The van der Waals surface area contributed by atoms with E-state index in [-0.39, 0.29) is 18.2 Å². The molecule has 2 aromatic carbocycles. The minimum atomic E-state index is -0.686. The van der Waals surface area contributed by atoms with Crippen LogP contribution in [0.5, 0.6) is 5.75 Å². The average Bonchev–Trinajstić information content (AvgIpc) is 2.73. The first-order chi connectivity index (χ1) is 15.1. The second kappa shape index (κ2) is 10.1. The minimum Gasteiger partial charge on any atom is -0.488 e. The monoisotopic (exact) mass is 475 g/mol. The number of rotatable bonds is 6. The number of ether oxygens (including phenoxy) is 2. The Morgan fingerprint density at radius 3 is 2.62 bits per heavy atom. The highest BCUT2D eigenvalue weighted by Gasteiger charge is 2.18. The molecule has 3 rings (SSSR count). The summed E-state index contributed by atoms with van der Waals surface area (Å²) >= 11 is 12.8. The number of anilines is 1. The quantitative estimate of drug-likeness (QED) is 0.485. The van der Waals surface area contributed by atoms with Crippen molar-refractivity contribution in [3.63, 3.8) is 0 Å². The van der Waals surface area contributed by atoms with Crippen molar-refractivity contribution < 1.29 is 19.1 Å². The number of aromatic nitrogens is 1. The predicted molar refractivity (Wildman–Crippen MR) is 125 cm³/mol. The van der Waals surface area contributed by atoms with E-state index in [1.54, 1.807) is 45.3 Å². The molecule has 32 heavy (non-hydrogen) atoms. The Balaban J connectivity index is 1.67. The number of carbonyl (C=O) groups is 2. The molecule has 3 aromatic rings. The van der Waals surface area contributed by atoms with Crippen molar-refractivity contribution in [3.05, 3.63) is 64.4 Å². The molecular weight excluding hydrogens is 453 g/mol. The van der Waals surface area contributed by atoms with E-state index >= 15 is 0 Å². The second-order valence-electron chi connectivity index (χ2n) is 7.93. The molecule has 2 N–H and O–H groups in total. The topological polar surface area (TPSA) is 89.5 Å². The van der Waals surface area contributed by atoms with Crippen LogP contribution >= 0.6 is 23.2 Å². The van der Waals surface area contributed by atoms with E-state index < -0.39 is 17.6 Å². The van der Waals surface area contributed by atoms with Gasteiger partial charge in [-0.3, -0.25) is 9.78 Å². The van der Waals surface area contributed by atoms with Crippen molar-refractivity contribution in [1.82, 2.24) is 10.3 Å². The van der Waals surface area contributed by atoms with E-state index in [1.807, 2.05) is 24.3 Å². The van der Waals surface area contributed by atoms with Gasteiger partial charge in [-0.25, -0.2) is 4.79 Å². The number of nitrogens with one attached hydrogen (secondary N) is 2. The first-order valence-electron chi connectivity index (χ1n) is 9.83. The van der Waals surface area contributed by atoms with E-state index in [0.717, 1.165) is 10.8 Å². The molecule has 0 atom stereocenters. The van der Waals surface area contributed by atoms with Crippen LogP contribution in [-0.2, 0) is 16.1 Å². The lowest BCUT2D eigenvalue weighted by molar-refractivity contribution is -0.115. The lowest BCUT2D eigenvalue weighted by Crippen LogP contribution is -2.37. The van der Waals surface area contributed by atoms with Crippen LogP contribution < -0.4 is 15.4 Å². The molecule has 0 aliphatic carbocycles. The molecule has 0 fully saturated rings. The van der Waals surface area contributed by atoms with Crippen LogP contribution in [0.2, 0.25) is 10.0 Å². The van der Waals surface area contributed by atoms with Gasteiger partial charge in [-0.15, -0.1) is 0 Å². The predicted octanol–water partition coefficient (Wildman–Crippen LogP) is 5.58. The largest absolute Gasteiger partial charge is 0.488 e. The smallest absolute Gasteiger partial charge is 0.408 e. The maximum Gasteiger partial charge on any atom is 0.408 e. The van der Waals surface area contributed by atoms with Gasteiger partial charge in [0.1, 0.15) is 24.5 Å². The highest BCUT2D eigenvalue weighted by molar-refractivity contribution is 6.38. The van der Waals surface area contributed by atoms with E-state index in [0.29, 0.717) is 22.0 Å². The Morgan fingerprint density at radius 2 is 1.88 bits per heavy atom. The second-order valence-corrected chi connectivity index (χ2v) is 8.72. The third-order valence-corrected chi connectivity index (χ3v) is 5.05. The maximum atomic E-state index is 12.2. The summed E-state index contributed by atoms with van der Waals surface area (Å²) in [7, 11) is 0. The number of halogens is 2. The van der Waals surface area contributed by atoms with Gasteiger partial charge in [0.15, 0.2) is 0 Å². The summed E-state index contributed by atoms with van der Waals surface area (Å²) in [6.07, 6.45) is 2.76. The fraction of sp³-hybridized carbons (Fsp3) is 0.261. The zero-order valence-electron chi connectivity index (χ0n) is 17.9. The molecule has 0 aliphatic heterocycles. The van der Waals surface area contributed by atoms with Gasteiger partial charge in [-0.1, -0.05) is 35.3 Å². The molecule has 0 saturated carbocycles. The number of alkyl carbamates (subject to hydrolysis) is 1. The Kier molecular flexibility index (Phi) is 7.43. The van der Waals surface area contributed by atoms with Crippen LogP contribution in [0, 0.1) is 0 Å². The standard InChI is InChI=1S/C23H23Cl2N3O4/c1-23(2,3)32-22(30)27-12-20(29)28-18-8-7-17(24)16(21(18)25)13-31-19-6-4-5-14-11-26-10-9-15(14)19/h4-11H,12-13H2,1-3H3,(H,27,30)(H,28,29). The molecule has 0 aliphatic rings. The fourth-order valence-electron chi connectivity index (χ4n) is 2.86. The lowest BCUT2D eigenvalue weighted by atomic mass is 10.1. The Labute approximate surface area is 196 Å². The van der Waals surface area contributed by atoms with E-state index in [4.69, 9.17) is 32.7 Å². The van der Waals surface area contributed by atoms with Crippen LogP contribution in [0.25, 0.3) is 10.8 Å². The fourth-order valence-corrected chi connectivity index (χ4v) is 3.38. The minimum absolute atomic E-state index is 0.0962. The van der Waals surface area contributed by atoms with Crippen LogP contribution in [0.4, 0.5) is 10.5 Å². The number of hydrogen-bond acceptors (Lipinski definition) is 5. The third-order valence-electron chi connectivity index (χ3n) is 4.27. The van der Waals surface area contributed by atoms with Gasteiger partial charge in [0.2, 0.25) is 5.91 Å². The third kappa shape index (κ3) is 6.24. The normalized spacial score (nSPS) is 11.2. The molecule has 2 amide bonds. The molecule has 0 unspecified atom stereocenters. The Bertz CT molecular complexity index is 1140. The van der Waals surface area contributed by atoms with Gasteiger partial charge in [0.25, 0.3) is 0 Å². The van der Waals surface area contributed by atoms with E-state index in [2.05, 4.69) is 15.6 Å². The molecule has 0 bridgehead atoms. The van der Waals surface area contributed by atoms with Gasteiger partial charge in [-0.05, 0) is 45.0 Å². The van der Waals surface area contributed by atoms with Crippen molar-refractivity contribution in [2.45, 2.75) is 33.0 Å². The Hall–Kier alpha value is -3.03. The van der Waals surface area contributed by atoms with Gasteiger partial charge < -0.3 is 20.1 Å². The lowest BCUT2D eigenvalue weighted by Gasteiger charge is -2.19. The van der Waals surface area contributed by atoms with Crippen molar-refractivity contribution in [3.8, 4) is 5.75 Å². The van der Waals surface area contributed by atoms with Crippen LogP contribution in [-0.4, -0.2) is 29.1 Å². The molecule has 168 valence electrons. The zero-order chi connectivity index (χ0) is 23.3. The summed E-state index contributed by atoms with van der Waals surface area (Å²) in [6, 6.07) is 10.7. The van der Waals surface area contributed by atoms with Crippen LogP contribution in [0.15, 0.2) is 48.8 Å². The first kappa shape index (κ1) is 23.6. The molecule has 0 spiro atoms. The SMILES string of the molecule is CC(C)(C)OC(=O)NCC(=O)Nc1ccc(Cl)c(COc2cccc3cnccc23)c1Cl. The van der Waals surface area contributed by atoms with E-state index in [9.17, 15) is 9.59 Å². The summed E-state index contributed by atoms with van der Waals surface area (Å²) in [5.41, 5.74) is 0.222. The number of pyridine rings is 1. The molecule has 1 heterocycles. The number of amides is 2. The molecular formula is C23H23Cl2N3O4. The summed E-state index contributed by atoms with van der Waals surface area (Å²) in [6.45, 7) is 5.03. The average molecular weight is 476 g/mol. The van der Waals surface area contributed by atoms with Crippen LogP contribution in [0.3, 0.4) is 0 Å². The summed E-state index contributed by atoms with van der Waals surface area (Å²) < 4.78 is 11.1. The summed E-state index contributed by atoms with van der Waals surface area (Å²) in [4.78, 5) is 28.1. The van der Waals surface area contributed by atoms with Gasteiger partial charge in [0, 0.05) is 33.8 Å². The first-order valence-corrected chi connectivity index (χ1v) is 10.6. The number of fused-ring (bicyclic) bond motifs is 1. The molecule has 7 nitrogen and oxygen atoms in total.